The van der Waals surface area contributed by atoms with Crippen molar-refractivity contribution in [3.63, 3.8) is 0 Å². The Morgan fingerprint density at radius 1 is 0.703 bits per heavy atom. The van der Waals surface area contributed by atoms with E-state index in [1.807, 2.05) is 84.3 Å². The van der Waals surface area contributed by atoms with Crippen molar-refractivity contribution in [2.24, 2.45) is 0 Å². The van der Waals surface area contributed by atoms with Crippen LogP contribution >= 0.6 is 7.60 Å². The number of ether oxygens (including phenoxy) is 7. The maximum atomic E-state index is 14.3. The Labute approximate surface area is 581 Å². The molecule has 0 saturated heterocycles. The number of nitrogens with zero attached hydrogens (tertiary/aromatic N) is 7. The van der Waals surface area contributed by atoms with Crippen molar-refractivity contribution >= 4 is 77.0 Å². The van der Waals surface area contributed by atoms with Crippen molar-refractivity contribution in [1.82, 2.24) is 40.2 Å². The van der Waals surface area contributed by atoms with Crippen molar-refractivity contribution < 1.29 is 86.1 Å². The van der Waals surface area contributed by atoms with Crippen molar-refractivity contribution in [2.75, 3.05) is 63.0 Å². The van der Waals surface area contributed by atoms with Crippen LogP contribution in [0.15, 0.2) is 146 Å². The minimum Gasteiger partial charge on any atom is -0.484 e. The molecule has 6 N–H and O–H groups in total. The summed E-state index contributed by atoms with van der Waals surface area (Å²) in [4.78, 5) is 99.3. The Balaban J connectivity index is 0.650. The van der Waals surface area contributed by atoms with Crippen LogP contribution in [0.1, 0.15) is 85.7 Å². The van der Waals surface area contributed by atoms with Crippen LogP contribution in [-0.4, -0.2) is 145 Å². The average Bonchev–Trinajstić information content (AvgIpc) is 1.65. The number of nitrogens with one attached hydrogen (secondary N) is 3. The van der Waals surface area contributed by atoms with Gasteiger partial charge in [-0.15, -0.1) is 5.10 Å². The Morgan fingerprint density at radius 3 is 2.10 bits per heavy atom. The number of aromatic nitrogens is 6. The molecule has 101 heavy (non-hydrogen) atoms. The second-order valence-corrected chi connectivity index (χ2v) is 26.2. The van der Waals surface area contributed by atoms with Gasteiger partial charge in [0.25, 0.3) is 5.91 Å². The highest BCUT2D eigenvalue weighted by Crippen LogP contribution is 2.42. The highest BCUT2D eigenvalue weighted by atomic mass is 31.2. The minimum atomic E-state index is -3.70. The number of pyridine rings is 1. The molecule has 6 aromatic carbocycles. The van der Waals surface area contributed by atoms with E-state index >= 15 is 0 Å². The lowest BCUT2D eigenvalue weighted by Crippen LogP contribution is -2.36. The first-order valence-electron chi connectivity index (χ1n) is 32.8. The molecular weight excluding hydrogens is 1320 g/mol. The zero-order valence-corrected chi connectivity index (χ0v) is 57.1. The predicted octanol–water partition coefficient (Wildman–Crippen LogP) is 9.82. The first-order chi connectivity index (χ1) is 48.6. The Hall–Kier alpha value is -10.5. The molecule has 10 rings (SSSR count). The van der Waals surface area contributed by atoms with Crippen molar-refractivity contribution in [3.05, 3.63) is 174 Å². The number of para-hydroxylation sites is 2. The van der Waals surface area contributed by atoms with E-state index in [1.54, 1.807) is 72.0 Å². The van der Waals surface area contributed by atoms with Gasteiger partial charge in [-0.1, -0.05) is 90.1 Å². The highest BCUT2D eigenvalue weighted by molar-refractivity contribution is 7.51. The number of anilines is 2. The van der Waals surface area contributed by atoms with E-state index in [0.717, 1.165) is 28.7 Å². The summed E-state index contributed by atoms with van der Waals surface area (Å²) in [5.41, 5.74) is 6.48. The van der Waals surface area contributed by atoms with Crippen molar-refractivity contribution in [3.8, 4) is 39.8 Å². The number of fused-ring (bicyclic) bond motifs is 8. The lowest BCUT2D eigenvalue weighted by Gasteiger charge is -2.29. The van der Waals surface area contributed by atoms with Gasteiger partial charge in [0.05, 0.1) is 59.9 Å². The van der Waals surface area contributed by atoms with Gasteiger partial charge in [0.15, 0.2) is 12.4 Å². The third-order valence-electron chi connectivity index (χ3n) is 15.7. The summed E-state index contributed by atoms with van der Waals surface area (Å²) in [6.07, 6.45) is -1.01. The molecule has 4 heterocycles. The summed E-state index contributed by atoms with van der Waals surface area (Å²) in [7, 11) is -3.70. The fourth-order valence-electron chi connectivity index (χ4n) is 10.9. The first-order valence-corrected chi connectivity index (χ1v) is 34.8. The number of rotatable bonds is 33. The number of benzene rings is 6. The monoisotopic (exact) mass is 1400 g/mol. The Kier molecular flexibility index (Phi) is 25.1. The van der Waals surface area contributed by atoms with E-state index in [0.29, 0.717) is 94.5 Å². The molecule has 0 saturated carbocycles. The third kappa shape index (κ3) is 20.8. The Bertz CT molecular complexity index is 4420. The van der Waals surface area contributed by atoms with E-state index in [2.05, 4.69) is 30.8 Å². The van der Waals surface area contributed by atoms with Crippen LogP contribution in [0.25, 0.3) is 44.5 Å². The summed E-state index contributed by atoms with van der Waals surface area (Å²) < 4.78 is 58.2. The number of carbonyl (C=O) groups excluding carboxylic acids is 6. The van der Waals surface area contributed by atoms with Crippen LogP contribution in [0.5, 0.6) is 17.2 Å². The van der Waals surface area contributed by atoms with E-state index in [1.165, 1.54) is 24.3 Å². The lowest BCUT2D eigenvalue weighted by molar-refractivity contribution is -0.134. The van der Waals surface area contributed by atoms with E-state index in [4.69, 9.17) is 48.0 Å². The molecule has 4 amide bonds. The average molecular weight is 1400 g/mol. The van der Waals surface area contributed by atoms with Crippen LogP contribution in [0.4, 0.5) is 21.1 Å². The fraction of sp³-hybridized carbons (Fsp3) is 0.333. The zero-order valence-electron chi connectivity index (χ0n) is 56.2. The number of hydrogen-bond donors (Lipinski definition) is 6. The number of aryl methyl sites for hydroxylation is 1. The topological polar surface area (TPSA) is 355 Å². The molecule has 2 unspecified atom stereocenters. The largest absolute Gasteiger partial charge is 0.484 e. The number of esters is 2. The fourth-order valence-corrected chi connectivity index (χ4v) is 11.3. The summed E-state index contributed by atoms with van der Waals surface area (Å²) >= 11 is 0. The van der Waals surface area contributed by atoms with Gasteiger partial charge in [-0.25, -0.2) is 29.0 Å². The molecule has 0 radical (unpaired) electrons. The number of imidazole rings is 1. The molecule has 530 valence electrons. The van der Waals surface area contributed by atoms with Crippen LogP contribution in [0.3, 0.4) is 0 Å². The molecule has 3 aromatic heterocycles. The highest BCUT2D eigenvalue weighted by Gasteiger charge is 2.30. The standard InChI is InChI=1S/C72H79N10O18P/c1-5-93-44-60-76-65-66(81(60)46-72(2,3)90)56-17-8-10-19-58(56)75-68(65)77-71(89)97-41-48-22-28-53(29-23-48)99-63(86)21-12-13-37-82-67-57-18-9-11-20-59(57)80(39-50-15-6-7-16-55(50)64(67)78-79-82)62(85)34-36-73-61(84)45-95-52-32-26-49(27-33-52)69(87)100-54-30-24-47(25-31-54)40-96-70(88)74-35-14-38-94-42-51(83)43-98-101(4,91)92/h6-11,15-20,22-33,51,83,90H,5,12-14,21,34-46H2,1-4H3,(H,73,84)(H,74,88)(H,91,92)(H,75,77,89). The number of unbranched alkanes of at least 4 members (excludes halogenated alkanes) is 1. The first kappa shape index (κ1) is 73.3. The van der Waals surface area contributed by atoms with Gasteiger partial charge in [0, 0.05) is 68.9 Å². The number of alkyl carbamates (subject to hydrolysis) is 1. The van der Waals surface area contributed by atoms with Gasteiger partial charge in [-0.2, -0.15) is 0 Å². The van der Waals surface area contributed by atoms with Crippen LogP contribution < -0.4 is 35.1 Å². The predicted molar refractivity (Wildman–Crippen MR) is 371 cm³/mol. The maximum Gasteiger partial charge on any atom is 0.413 e. The van der Waals surface area contributed by atoms with Gasteiger partial charge < -0.3 is 72.9 Å². The molecule has 0 bridgehead atoms. The molecule has 0 aliphatic carbocycles. The van der Waals surface area contributed by atoms with Crippen LogP contribution in [0.2, 0.25) is 0 Å². The van der Waals surface area contributed by atoms with Crippen LogP contribution in [-0.2, 0) is 81.9 Å². The molecule has 9 aromatic rings. The van der Waals surface area contributed by atoms with Gasteiger partial charge in [0.2, 0.25) is 5.91 Å². The molecule has 0 spiro atoms. The molecule has 0 fully saturated rings. The normalized spacial score (nSPS) is 12.8. The second kappa shape index (κ2) is 34.6. The summed E-state index contributed by atoms with van der Waals surface area (Å²) in [6, 6.07) is 41.7. The molecule has 1 aliphatic rings. The van der Waals surface area contributed by atoms with E-state index < -0.39 is 49.3 Å². The Morgan fingerprint density at radius 2 is 1.38 bits per heavy atom. The third-order valence-corrected chi connectivity index (χ3v) is 16.3. The zero-order chi connectivity index (χ0) is 71.5. The quantitative estimate of drug-likeness (QED) is 0.00964. The smallest absolute Gasteiger partial charge is 0.413 e. The van der Waals surface area contributed by atoms with Gasteiger partial charge in [-0.05, 0) is 117 Å². The molecule has 28 nitrogen and oxygen atoms in total. The SMILES string of the molecule is CCOCc1nc2c(NC(=O)OCc3ccc(OC(=O)CCCCn4nnc5c4-c4ccccc4N(C(=O)CCNC(=O)COc4ccc(C(=O)Oc6ccc(COC(=O)NCCCOCC(O)COP(C)(=O)O)cc6)cc4)Cc4ccccc4-5)cc3)nc3ccccc3c2n1CC(C)(C)O. The van der Waals surface area contributed by atoms with Gasteiger partial charge in [0.1, 0.15) is 60.2 Å². The van der Waals surface area contributed by atoms with Crippen molar-refractivity contribution in [1.29, 1.82) is 0 Å². The van der Waals surface area contributed by atoms with Gasteiger partial charge >= 0.3 is 31.7 Å². The molecule has 2 atom stereocenters. The molecule has 1 aliphatic heterocycles. The van der Waals surface area contributed by atoms with Gasteiger partial charge in [-0.3, -0.25) is 24.3 Å². The maximum absolute atomic E-state index is 14.3. The lowest BCUT2D eigenvalue weighted by atomic mass is 9.95. The minimum absolute atomic E-state index is 0.0145. The number of hydrogen-bond acceptors (Lipinski definition) is 21. The second-order valence-electron chi connectivity index (χ2n) is 24.3. The summed E-state index contributed by atoms with van der Waals surface area (Å²) in [5, 5.41) is 38.7. The summed E-state index contributed by atoms with van der Waals surface area (Å²) in [6.45, 7) is 7.29. The molecular formula is C72H79N10O18P. The summed E-state index contributed by atoms with van der Waals surface area (Å²) in [5.74, 6) is -0.154. The van der Waals surface area contributed by atoms with E-state index in [9.17, 15) is 43.5 Å². The number of carbonyl (C=O) groups is 6. The molecule has 29 heteroatoms. The number of aliphatic hydroxyl groups excluding tert-OH is 1. The van der Waals surface area contributed by atoms with E-state index in [-0.39, 0.29) is 108 Å². The number of aliphatic hydroxyl groups is 2. The van der Waals surface area contributed by atoms with Crippen LogP contribution in [0, 0.1) is 0 Å². The number of amides is 4. The van der Waals surface area contributed by atoms with Crippen molar-refractivity contribution in [2.45, 2.75) is 104 Å².